The Labute approximate surface area is 224 Å². The van der Waals surface area contributed by atoms with E-state index in [9.17, 15) is 31.1 Å². The van der Waals surface area contributed by atoms with Gasteiger partial charge < -0.3 is 15.0 Å². The molecule has 1 aliphatic heterocycles. The molecule has 0 unspecified atom stereocenters. The highest BCUT2D eigenvalue weighted by molar-refractivity contribution is 7.99. The van der Waals surface area contributed by atoms with E-state index in [2.05, 4.69) is 10.3 Å². The number of ether oxygens (including phenoxy) is 1. The molecular weight excluding hydrogens is 544 g/mol. The minimum absolute atomic E-state index is 0.245. The lowest BCUT2D eigenvalue weighted by atomic mass is 9.99. The summed E-state index contributed by atoms with van der Waals surface area (Å²) in [6, 6.07) is 13.7. The fourth-order valence-electron chi connectivity index (χ4n) is 3.95. The van der Waals surface area contributed by atoms with E-state index in [0.29, 0.717) is 28.9 Å². The van der Waals surface area contributed by atoms with Crippen molar-refractivity contribution in [3.63, 3.8) is 0 Å². The van der Waals surface area contributed by atoms with Gasteiger partial charge in [-0.3, -0.25) is 9.78 Å². The number of halogens is 6. The molecule has 1 fully saturated rings. The molecular formula is C27H23F6N3O2S. The van der Waals surface area contributed by atoms with Crippen molar-refractivity contribution >= 4 is 29.4 Å². The maximum Gasteiger partial charge on any atom is 0.418 e. The van der Waals surface area contributed by atoms with Crippen molar-refractivity contribution < 1.29 is 35.9 Å². The van der Waals surface area contributed by atoms with Gasteiger partial charge in [-0.2, -0.15) is 26.3 Å². The molecule has 0 atom stereocenters. The number of carbonyl (C=O) groups is 1. The highest BCUT2D eigenvalue weighted by Gasteiger charge is 2.46. The van der Waals surface area contributed by atoms with E-state index in [4.69, 9.17) is 4.74 Å². The standard InChI is InChI=1S/C27H23F6N3O2S/c28-26(29,30)24-18(8-10-23(37)36-12-14-38-15-13-36)7-9-22(25(24)27(31,32)33)39-21-6-3-5-19(16-21)35-17-20-4-1-2-11-34-20/h1-11,16,35H,12-15,17H2/b10-8+. The molecule has 1 N–H and O–H groups in total. The number of rotatable bonds is 7. The number of pyridine rings is 1. The fourth-order valence-corrected chi connectivity index (χ4v) is 4.99. The number of amides is 1. The van der Waals surface area contributed by atoms with Crippen LogP contribution < -0.4 is 5.32 Å². The van der Waals surface area contributed by atoms with E-state index in [1.807, 2.05) is 6.07 Å². The number of nitrogens with zero attached hydrogens (tertiary/aromatic N) is 2. The molecule has 5 nitrogen and oxygen atoms in total. The van der Waals surface area contributed by atoms with E-state index < -0.39 is 39.8 Å². The van der Waals surface area contributed by atoms with Crippen molar-refractivity contribution in [2.45, 2.75) is 28.7 Å². The summed E-state index contributed by atoms with van der Waals surface area (Å²) in [4.78, 5) is 17.6. The largest absolute Gasteiger partial charge is 0.418 e. The molecule has 3 aromatic rings. The average Bonchev–Trinajstić information content (AvgIpc) is 2.91. The molecule has 1 saturated heterocycles. The topological polar surface area (TPSA) is 54.5 Å². The zero-order valence-electron chi connectivity index (χ0n) is 20.4. The molecule has 1 aliphatic rings. The van der Waals surface area contributed by atoms with Crippen LogP contribution in [0.4, 0.5) is 32.0 Å². The van der Waals surface area contributed by atoms with Crippen molar-refractivity contribution in [1.82, 2.24) is 9.88 Å². The fraction of sp³-hybridized carbons (Fsp3) is 0.259. The van der Waals surface area contributed by atoms with Gasteiger partial charge in [0.1, 0.15) is 0 Å². The van der Waals surface area contributed by atoms with E-state index in [-0.39, 0.29) is 26.3 Å². The number of alkyl halides is 6. The Balaban J connectivity index is 1.65. The Morgan fingerprint density at radius 1 is 0.974 bits per heavy atom. The first-order chi connectivity index (χ1) is 18.5. The molecule has 206 valence electrons. The molecule has 0 radical (unpaired) electrons. The van der Waals surface area contributed by atoms with E-state index in [0.717, 1.165) is 30.0 Å². The van der Waals surface area contributed by atoms with Gasteiger partial charge in [-0.05, 0) is 48.0 Å². The van der Waals surface area contributed by atoms with Crippen LogP contribution in [0.25, 0.3) is 6.08 Å². The second-order valence-electron chi connectivity index (χ2n) is 8.47. The van der Waals surface area contributed by atoms with Crippen molar-refractivity contribution in [3.05, 3.63) is 89.3 Å². The number of aromatic nitrogens is 1. The molecule has 2 aromatic carbocycles. The third-order valence-corrected chi connectivity index (χ3v) is 6.81. The SMILES string of the molecule is O=C(/C=C/c1ccc(Sc2cccc(NCc3ccccn3)c2)c(C(F)(F)F)c1C(F)(F)F)N1CCOCC1. The third kappa shape index (κ3) is 7.54. The monoisotopic (exact) mass is 567 g/mol. The maximum absolute atomic E-state index is 14.2. The van der Waals surface area contributed by atoms with Crippen LogP contribution in [0, 0.1) is 0 Å². The minimum Gasteiger partial charge on any atom is -0.379 e. The second kappa shape index (κ2) is 12.1. The van der Waals surface area contributed by atoms with Gasteiger partial charge in [-0.15, -0.1) is 0 Å². The first kappa shape index (κ1) is 28.5. The average molecular weight is 568 g/mol. The Morgan fingerprint density at radius 2 is 1.72 bits per heavy atom. The van der Waals surface area contributed by atoms with Crippen LogP contribution in [-0.2, 0) is 28.4 Å². The van der Waals surface area contributed by atoms with Gasteiger partial charge in [-0.25, -0.2) is 0 Å². The zero-order chi connectivity index (χ0) is 28.0. The minimum atomic E-state index is -5.32. The summed E-state index contributed by atoms with van der Waals surface area (Å²) in [7, 11) is 0. The van der Waals surface area contributed by atoms with E-state index in [1.54, 1.807) is 36.5 Å². The number of morpholine rings is 1. The lowest BCUT2D eigenvalue weighted by molar-refractivity contribution is -0.163. The van der Waals surface area contributed by atoms with Gasteiger partial charge in [0.25, 0.3) is 0 Å². The van der Waals surface area contributed by atoms with Crippen molar-refractivity contribution in [2.24, 2.45) is 0 Å². The number of nitrogens with one attached hydrogen (secondary N) is 1. The summed E-state index contributed by atoms with van der Waals surface area (Å²) in [5, 5.41) is 3.10. The van der Waals surface area contributed by atoms with Crippen LogP contribution in [-0.4, -0.2) is 42.1 Å². The lowest BCUT2D eigenvalue weighted by Gasteiger charge is -2.25. The highest BCUT2D eigenvalue weighted by atomic mass is 32.2. The third-order valence-electron chi connectivity index (χ3n) is 5.76. The van der Waals surface area contributed by atoms with Crippen LogP contribution in [0.1, 0.15) is 22.4 Å². The molecule has 0 aliphatic carbocycles. The van der Waals surface area contributed by atoms with Gasteiger partial charge >= 0.3 is 12.4 Å². The zero-order valence-corrected chi connectivity index (χ0v) is 21.2. The predicted octanol–water partition coefficient (Wildman–Crippen LogP) is 6.75. The Morgan fingerprint density at radius 3 is 2.38 bits per heavy atom. The van der Waals surface area contributed by atoms with Crippen molar-refractivity contribution in [3.8, 4) is 0 Å². The smallest absolute Gasteiger partial charge is 0.379 e. The molecule has 39 heavy (non-hydrogen) atoms. The van der Waals surface area contributed by atoms with Gasteiger partial charge in [0.2, 0.25) is 5.91 Å². The number of benzene rings is 2. The molecule has 1 amide bonds. The molecule has 0 spiro atoms. The predicted molar refractivity (Wildman–Crippen MR) is 135 cm³/mol. The lowest BCUT2D eigenvalue weighted by Crippen LogP contribution is -2.39. The summed E-state index contributed by atoms with van der Waals surface area (Å²) < 4.78 is 89.9. The normalized spacial score (nSPS) is 14.6. The first-order valence-corrected chi connectivity index (χ1v) is 12.6. The van der Waals surface area contributed by atoms with E-state index >= 15 is 0 Å². The van der Waals surface area contributed by atoms with Gasteiger partial charge in [-0.1, -0.05) is 30.0 Å². The maximum atomic E-state index is 14.2. The van der Waals surface area contributed by atoms with Crippen molar-refractivity contribution in [2.75, 3.05) is 31.6 Å². The summed E-state index contributed by atoms with van der Waals surface area (Å²) >= 11 is 0.574. The quantitative estimate of drug-likeness (QED) is 0.253. The number of carbonyl (C=O) groups excluding carboxylic acids is 1. The Hall–Kier alpha value is -3.51. The van der Waals surface area contributed by atoms with Crippen LogP contribution in [0.15, 0.2) is 76.7 Å². The van der Waals surface area contributed by atoms with Gasteiger partial charge in [0.15, 0.2) is 0 Å². The van der Waals surface area contributed by atoms with Gasteiger partial charge in [0.05, 0.1) is 36.6 Å². The summed E-state index contributed by atoms with van der Waals surface area (Å²) in [5.41, 5.74) is -3.08. The molecule has 1 aromatic heterocycles. The molecule has 2 heterocycles. The van der Waals surface area contributed by atoms with Gasteiger partial charge in [0, 0.05) is 40.8 Å². The highest BCUT2D eigenvalue weighted by Crippen LogP contribution is 2.48. The summed E-state index contributed by atoms with van der Waals surface area (Å²) in [6.07, 6.45) is -7.36. The molecule has 12 heteroatoms. The van der Waals surface area contributed by atoms with Crippen LogP contribution in [0.5, 0.6) is 0 Å². The van der Waals surface area contributed by atoms with Crippen LogP contribution in [0.3, 0.4) is 0 Å². The first-order valence-electron chi connectivity index (χ1n) is 11.8. The number of hydrogen-bond acceptors (Lipinski definition) is 5. The molecule has 0 bridgehead atoms. The Kier molecular flexibility index (Phi) is 8.86. The van der Waals surface area contributed by atoms with Crippen LogP contribution >= 0.6 is 11.8 Å². The van der Waals surface area contributed by atoms with Crippen molar-refractivity contribution in [1.29, 1.82) is 0 Å². The molecule has 4 rings (SSSR count). The Bertz CT molecular complexity index is 1320. The number of hydrogen-bond donors (Lipinski definition) is 1. The second-order valence-corrected chi connectivity index (χ2v) is 9.59. The van der Waals surface area contributed by atoms with Crippen LogP contribution in [0.2, 0.25) is 0 Å². The summed E-state index contributed by atoms with van der Waals surface area (Å²) in [5.74, 6) is -0.603. The molecule has 0 saturated carbocycles. The number of anilines is 1. The van der Waals surface area contributed by atoms with E-state index in [1.165, 1.54) is 11.0 Å². The summed E-state index contributed by atoms with van der Waals surface area (Å²) in [6.45, 7) is 1.39.